The van der Waals surface area contributed by atoms with Crippen LogP contribution in [0, 0.1) is 13.8 Å². The minimum atomic E-state index is -0.523. The summed E-state index contributed by atoms with van der Waals surface area (Å²) < 4.78 is 7.18. The molecular weight excluding hydrogens is 412 g/mol. The van der Waals surface area contributed by atoms with Gasteiger partial charge >= 0.3 is 0 Å². The number of carbonyl (C=O) groups is 2. The highest BCUT2D eigenvalue weighted by Gasteiger charge is 2.34. The van der Waals surface area contributed by atoms with Gasteiger partial charge in [-0.25, -0.2) is 4.68 Å². The van der Waals surface area contributed by atoms with Crippen LogP contribution in [0.3, 0.4) is 0 Å². The molecule has 0 saturated heterocycles. The third-order valence-corrected chi connectivity index (χ3v) is 6.56. The van der Waals surface area contributed by atoms with Crippen molar-refractivity contribution in [3.05, 3.63) is 70.9 Å². The standard InChI is InChI=1S/C23H24N4O3S/c1-13-4-8-17(9-5-13)27-22-20(14(2)26-27)21(31-15(3)23(29)25-22)16-6-10-18(11-7-16)30-12-19(24)28/h4-11,15,21H,12H2,1-3H3,(H2,24,28)(H,25,29)/t15-,21-/m1/s1. The molecule has 2 heterocycles. The van der Waals surface area contributed by atoms with E-state index >= 15 is 0 Å². The van der Waals surface area contributed by atoms with E-state index in [1.54, 1.807) is 16.4 Å². The largest absolute Gasteiger partial charge is 0.484 e. The molecule has 3 aromatic rings. The molecule has 31 heavy (non-hydrogen) atoms. The van der Waals surface area contributed by atoms with Gasteiger partial charge in [-0.05, 0) is 50.6 Å². The van der Waals surface area contributed by atoms with E-state index in [9.17, 15) is 9.59 Å². The second-order valence-electron chi connectivity index (χ2n) is 7.57. The molecule has 2 aromatic carbocycles. The van der Waals surface area contributed by atoms with Crippen molar-refractivity contribution in [3.8, 4) is 11.4 Å². The molecule has 0 saturated carbocycles. The van der Waals surface area contributed by atoms with Crippen molar-refractivity contribution < 1.29 is 14.3 Å². The summed E-state index contributed by atoms with van der Waals surface area (Å²) in [5.74, 6) is 0.687. The Morgan fingerprint density at radius 2 is 1.84 bits per heavy atom. The minimum Gasteiger partial charge on any atom is -0.484 e. The highest BCUT2D eigenvalue weighted by molar-refractivity contribution is 8.01. The summed E-state index contributed by atoms with van der Waals surface area (Å²) in [6.07, 6.45) is 0. The zero-order valence-corrected chi connectivity index (χ0v) is 18.4. The number of anilines is 1. The number of nitrogens with zero attached hydrogens (tertiary/aromatic N) is 2. The van der Waals surface area contributed by atoms with Gasteiger partial charge in [0.2, 0.25) is 5.91 Å². The number of nitrogens with one attached hydrogen (secondary N) is 1. The first-order valence-electron chi connectivity index (χ1n) is 9.97. The average Bonchev–Trinajstić information content (AvgIpc) is 2.99. The molecule has 0 unspecified atom stereocenters. The predicted octanol–water partition coefficient (Wildman–Crippen LogP) is 3.52. The third-order valence-electron chi connectivity index (χ3n) is 5.16. The SMILES string of the molecule is Cc1ccc(-n2nc(C)c3c2NC(=O)[C@@H](C)S[C@@H]3c2ccc(OCC(N)=O)cc2)cc1. The number of aryl methyl sites for hydroxylation is 2. The Bertz CT molecular complexity index is 1120. The van der Waals surface area contributed by atoms with E-state index in [0.29, 0.717) is 11.6 Å². The summed E-state index contributed by atoms with van der Waals surface area (Å²) in [6, 6.07) is 15.6. The quantitative estimate of drug-likeness (QED) is 0.638. The minimum absolute atomic E-state index is 0.0524. The monoisotopic (exact) mass is 436 g/mol. The van der Waals surface area contributed by atoms with Gasteiger partial charge in [0.1, 0.15) is 11.6 Å². The fraction of sp³-hybridized carbons (Fsp3) is 0.261. The fourth-order valence-corrected chi connectivity index (χ4v) is 4.86. The number of primary amides is 1. The van der Waals surface area contributed by atoms with E-state index in [2.05, 4.69) is 5.32 Å². The third kappa shape index (κ3) is 4.29. The van der Waals surface area contributed by atoms with Crippen molar-refractivity contribution in [1.82, 2.24) is 9.78 Å². The molecule has 8 heteroatoms. The lowest BCUT2D eigenvalue weighted by molar-refractivity contribution is -0.120. The highest BCUT2D eigenvalue weighted by Crippen LogP contribution is 2.46. The Morgan fingerprint density at radius 3 is 2.48 bits per heavy atom. The van der Waals surface area contributed by atoms with Gasteiger partial charge in [0.05, 0.1) is 21.9 Å². The Hall–Kier alpha value is -3.26. The molecule has 160 valence electrons. The summed E-state index contributed by atoms with van der Waals surface area (Å²) in [6.45, 7) is 5.73. The molecule has 3 N–H and O–H groups in total. The number of carbonyl (C=O) groups excluding carboxylic acids is 2. The van der Waals surface area contributed by atoms with Gasteiger partial charge in [0, 0.05) is 5.56 Å². The van der Waals surface area contributed by atoms with Gasteiger partial charge in [-0.3, -0.25) is 9.59 Å². The van der Waals surface area contributed by atoms with Crippen LogP contribution >= 0.6 is 11.8 Å². The molecule has 7 nitrogen and oxygen atoms in total. The number of rotatable bonds is 5. The van der Waals surface area contributed by atoms with Crippen LogP contribution < -0.4 is 15.8 Å². The van der Waals surface area contributed by atoms with Crippen molar-refractivity contribution in [2.45, 2.75) is 31.3 Å². The lowest BCUT2D eigenvalue weighted by atomic mass is 10.0. The first-order chi connectivity index (χ1) is 14.8. The van der Waals surface area contributed by atoms with Gasteiger partial charge < -0.3 is 15.8 Å². The van der Waals surface area contributed by atoms with Crippen LogP contribution in [0.5, 0.6) is 5.75 Å². The maximum atomic E-state index is 12.8. The summed E-state index contributed by atoms with van der Waals surface area (Å²) in [4.78, 5) is 23.7. The Morgan fingerprint density at radius 1 is 1.16 bits per heavy atom. The number of hydrogen-bond donors (Lipinski definition) is 2. The smallest absolute Gasteiger partial charge is 0.255 e. The van der Waals surface area contributed by atoms with Gasteiger partial charge in [-0.1, -0.05) is 29.8 Å². The number of fused-ring (bicyclic) bond motifs is 1. The van der Waals surface area contributed by atoms with Crippen LogP contribution in [-0.4, -0.2) is 33.5 Å². The molecule has 2 amide bonds. The van der Waals surface area contributed by atoms with Crippen LogP contribution in [0.1, 0.15) is 34.6 Å². The molecule has 0 bridgehead atoms. The van der Waals surface area contributed by atoms with Crippen LogP contribution in [0.15, 0.2) is 48.5 Å². The maximum absolute atomic E-state index is 12.8. The fourth-order valence-electron chi connectivity index (χ4n) is 3.54. The number of amides is 2. The van der Waals surface area contributed by atoms with Gasteiger partial charge in [-0.15, -0.1) is 11.8 Å². The lowest BCUT2D eigenvalue weighted by Gasteiger charge is -2.18. The summed E-state index contributed by atoms with van der Waals surface area (Å²) in [5.41, 5.74) is 10.1. The first-order valence-corrected chi connectivity index (χ1v) is 10.9. The molecule has 1 aliphatic heterocycles. The van der Waals surface area contributed by atoms with Gasteiger partial charge in [0.25, 0.3) is 5.91 Å². The number of benzene rings is 2. The lowest BCUT2D eigenvalue weighted by Crippen LogP contribution is -2.22. The molecular formula is C23H24N4O3S. The summed E-state index contributed by atoms with van der Waals surface area (Å²) >= 11 is 1.58. The molecule has 1 aliphatic rings. The molecule has 0 radical (unpaired) electrons. The number of nitrogens with two attached hydrogens (primary N) is 1. The van der Waals surface area contributed by atoms with Gasteiger partial charge in [-0.2, -0.15) is 5.10 Å². The average molecular weight is 437 g/mol. The molecule has 0 spiro atoms. The predicted molar refractivity (Wildman–Crippen MR) is 122 cm³/mol. The van der Waals surface area contributed by atoms with Crippen molar-refractivity contribution in [3.63, 3.8) is 0 Å². The first kappa shape index (κ1) is 21.0. The zero-order chi connectivity index (χ0) is 22.1. The van der Waals surface area contributed by atoms with E-state index in [1.807, 2.05) is 69.3 Å². The van der Waals surface area contributed by atoms with Gasteiger partial charge in [0.15, 0.2) is 6.61 Å². The normalized spacial score (nSPS) is 18.1. The van der Waals surface area contributed by atoms with Crippen LogP contribution in [0.4, 0.5) is 5.82 Å². The van der Waals surface area contributed by atoms with E-state index in [-0.39, 0.29) is 23.0 Å². The zero-order valence-electron chi connectivity index (χ0n) is 17.6. The van der Waals surface area contributed by atoms with E-state index in [0.717, 1.165) is 28.1 Å². The van der Waals surface area contributed by atoms with Crippen molar-refractivity contribution >= 4 is 29.4 Å². The van der Waals surface area contributed by atoms with Crippen LogP contribution in [0.2, 0.25) is 0 Å². The molecule has 0 aliphatic carbocycles. The maximum Gasteiger partial charge on any atom is 0.255 e. The second-order valence-corrected chi connectivity index (χ2v) is 9.02. The molecule has 2 atom stereocenters. The van der Waals surface area contributed by atoms with Crippen LogP contribution in [0.25, 0.3) is 5.69 Å². The number of ether oxygens (including phenoxy) is 1. The topological polar surface area (TPSA) is 99.2 Å². The van der Waals surface area contributed by atoms with E-state index < -0.39 is 5.91 Å². The van der Waals surface area contributed by atoms with Crippen molar-refractivity contribution in [2.24, 2.45) is 5.73 Å². The summed E-state index contributed by atoms with van der Waals surface area (Å²) in [5, 5.41) is 7.50. The Labute approximate surface area is 185 Å². The molecule has 0 fully saturated rings. The number of aromatic nitrogens is 2. The van der Waals surface area contributed by atoms with E-state index in [1.165, 1.54) is 0 Å². The van der Waals surface area contributed by atoms with Crippen LogP contribution in [-0.2, 0) is 9.59 Å². The van der Waals surface area contributed by atoms with E-state index in [4.69, 9.17) is 15.6 Å². The highest BCUT2D eigenvalue weighted by atomic mass is 32.2. The Balaban J connectivity index is 1.76. The van der Waals surface area contributed by atoms with Crippen molar-refractivity contribution in [1.29, 1.82) is 0 Å². The van der Waals surface area contributed by atoms with Crippen molar-refractivity contribution in [2.75, 3.05) is 11.9 Å². The molecule has 1 aromatic heterocycles. The number of thioether (sulfide) groups is 1. The Kier molecular flexibility index (Phi) is 5.73. The molecule has 4 rings (SSSR count). The number of hydrogen-bond acceptors (Lipinski definition) is 5. The second kappa shape index (κ2) is 8.47. The summed E-state index contributed by atoms with van der Waals surface area (Å²) in [7, 11) is 0.